The van der Waals surface area contributed by atoms with E-state index >= 15 is 0 Å². The Kier molecular flexibility index (Phi) is 26.3. The first-order chi connectivity index (χ1) is 18.0. The molecule has 0 amide bonds. The largest absolute Gasteiger partial charge is 0.462 e. The van der Waals surface area contributed by atoms with Crippen LogP contribution in [0.1, 0.15) is 162 Å². The van der Waals surface area contributed by atoms with Crippen molar-refractivity contribution in [1.82, 2.24) is 0 Å². The van der Waals surface area contributed by atoms with Crippen molar-refractivity contribution in [2.24, 2.45) is 0 Å². The third kappa shape index (κ3) is 25.8. The maximum absolute atomic E-state index is 12.2. The van der Waals surface area contributed by atoms with E-state index in [1.807, 2.05) is 0 Å². The average Bonchev–Trinajstić information content (AvgIpc) is 2.88. The molecule has 1 unspecified atom stereocenters. The third-order valence-electron chi connectivity index (χ3n) is 6.61. The molecular weight excluding hydrogens is 468 g/mol. The van der Waals surface area contributed by atoms with Crippen LogP contribution in [-0.2, 0) is 28.6 Å². The summed E-state index contributed by atoms with van der Waals surface area (Å²) in [4.78, 5) is 36.3. The number of rotatable bonds is 27. The normalized spacial score (nSPS) is 11.8. The molecule has 218 valence electrons. The molecule has 0 fully saturated rings. The van der Waals surface area contributed by atoms with Crippen molar-refractivity contribution < 1.29 is 28.6 Å². The summed E-state index contributed by atoms with van der Waals surface area (Å²) in [7, 11) is 0. The van der Waals surface area contributed by atoms with Gasteiger partial charge in [-0.1, -0.05) is 124 Å². The number of carbonyl (C=O) groups is 3. The van der Waals surface area contributed by atoms with Crippen LogP contribution in [0.5, 0.6) is 0 Å². The van der Waals surface area contributed by atoms with Crippen molar-refractivity contribution in [3.8, 4) is 0 Å². The summed E-state index contributed by atoms with van der Waals surface area (Å²) in [6.45, 7) is 6.26. The Hall–Kier alpha value is -1.59. The van der Waals surface area contributed by atoms with Gasteiger partial charge in [0.15, 0.2) is 6.10 Å². The molecule has 1 atom stereocenters. The molecule has 37 heavy (non-hydrogen) atoms. The number of hydrogen-bond donors (Lipinski definition) is 0. The molecule has 6 nitrogen and oxygen atoms in total. The lowest BCUT2D eigenvalue weighted by Gasteiger charge is -2.18. The maximum Gasteiger partial charge on any atom is 0.306 e. The van der Waals surface area contributed by atoms with Gasteiger partial charge in [0.1, 0.15) is 13.2 Å². The molecule has 0 spiro atoms. The number of unbranched alkanes of at least 4 members (excludes halogenated alkanes) is 16. The highest BCUT2D eigenvalue weighted by molar-refractivity contribution is 5.71. The predicted molar refractivity (Wildman–Crippen MR) is 150 cm³/mol. The molecule has 0 bridgehead atoms. The topological polar surface area (TPSA) is 78.9 Å². The Morgan fingerprint density at radius 1 is 0.432 bits per heavy atom. The van der Waals surface area contributed by atoms with Crippen LogP contribution >= 0.6 is 0 Å². The molecule has 0 aromatic heterocycles. The zero-order valence-electron chi connectivity index (χ0n) is 24.5. The molecule has 0 aromatic carbocycles. The summed E-state index contributed by atoms with van der Waals surface area (Å²) >= 11 is 0. The standard InChI is InChI=1S/C31H58O6/c1-4-7-10-11-12-13-14-15-16-17-18-19-22-24-30(33)36-27-28(37-31(34)25-21-9-6-3)26-35-29(32)23-20-8-5-2/h28H,4-27H2,1-3H3. The SMILES string of the molecule is CCCCCCCCCCCCCCCC(=O)OCC(COC(=O)CCCCC)OC(=O)CCCCC. The van der Waals surface area contributed by atoms with Crippen molar-refractivity contribution in [3.05, 3.63) is 0 Å². The van der Waals surface area contributed by atoms with Gasteiger partial charge in [-0.3, -0.25) is 14.4 Å². The molecule has 6 heteroatoms. The van der Waals surface area contributed by atoms with Crippen LogP contribution in [0.3, 0.4) is 0 Å². The van der Waals surface area contributed by atoms with Crippen LogP contribution in [0, 0.1) is 0 Å². The highest BCUT2D eigenvalue weighted by Gasteiger charge is 2.19. The van der Waals surface area contributed by atoms with Gasteiger partial charge in [0.2, 0.25) is 0 Å². The zero-order chi connectivity index (χ0) is 27.4. The first-order valence-electron chi connectivity index (χ1n) is 15.5. The summed E-state index contributed by atoms with van der Waals surface area (Å²) in [6.07, 6.45) is 22.2. The van der Waals surface area contributed by atoms with Gasteiger partial charge in [0.05, 0.1) is 0 Å². The second-order valence-corrected chi connectivity index (χ2v) is 10.4. The summed E-state index contributed by atoms with van der Waals surface area (Å²) in [5.74, 6) is -0.934. The molecule has 0 aliphatic rings. The Labute approximate surface area is 228 Å². The lowest BCUT2D eigenvalue weighted by atomic mass is 10.0. The molecule has 0 aromatic rings. The van der Waals surface area contributed by atoms with Crippen LogP contribution in [0.15, 0.2) is 0 Å². The lowest BCUT2D eigenvalue weighted by molar-refractivity contribution is -0.167. The average molecular weight is 527 g/mol. The maximum atomic E-state index is 12.2. The molecule has 0 aliphatic heterocycles. The molecule has 0 radical (unpaired) electrons. The number of ether oxygens (including phenoxy) is 3. The lowest BCUT2D eigenvalue weighted by Crippen LogP contribution is -2.30. The van der Waals surface area contributed by atoms with E-state index in [1.165, 1.54) is 64.2 Å². The molecule has 0 heterocycles. The van der Waals surface area contributed by atoms with Crippen LogP contribution < -0.4 is 0 Å². The second-order valence-electron chi connectivity index (χ2n) is 10.4. The first-order valence-corrected chi connectivity index (χ1v) is 15.5. The van der Waals surface area contributed by atoms with E-state index < -0.39 is 6.10 Å². The molecule has 0 saturated heterocycles. The van der Waals surface area contributed by atoms with Gasteiger partial charge >= 0.3 is 17.9 Å². The predicted octanol–water partition coefficient (Wildman–Crippen LogP) is 8.63. The van der Waals surface area contributed by atoms with E-state index in [0.717, 1.165) is 57.8 Å². The molecular formula is C31H58O6. The van der Waals surface area contributed by atoms with Gasteiger partial charge in [0.25, 0.3) is 0 Å². The fourth-order valence-electron chi connectivity index (χ4n) is 4.20. The van der Waals surface area contributed by atoms with Gasteiger partial charge < -0.3 is 14.2 Å². The van der Waals surface area contributed by atoms with Crippen LogP contribution in [0.4, 0.5) is 0 Å². The van der Waals surface area contributed by atoms with Crippen LogP contribution in [0.25, 0.3) is 0 Å². The Balaban J connectivity index is 4.03. The van der Waals surface area contributed by atoms with Crippen molar-refractivity contribution in [3.63, 3.8) is 0 Å². The zero-order valence-corrected chi connectivity index (χ0v) is 24.5. The third-order valence-corrected chi connectivity index (χ3v) is 6.61. The highest BCUT2D eigenvalue weighted by atomic mass is 16.6. The number of carbonyl (C=O) groups excluding carboxylic acids is 3. The quantitative estimate of drug-likeness (QED) is 0.0605. The smallest absolute Gasteiger partial charge is 0.306 e. The molecule has 0 saturated carbocycles. The van der Waals surface area contributed by atoms with E-state index in [1.54, 1.807) is 0 Å². The molecule has 0 rings (SSSR count). The van der Waals surface area contributed by atoms with Gasteiger partial charge in [0, 0.05) is 19.3 Å². The minimum atomic E-state index is -0.750. The molecule has 0 N–H and O–H groups in total. The van der Waals surface area contributed by atoms with E-state index in [4.69, 9.17) is 14.2 Å². The summed E-state index contributed by atoms with van der Waals surface area (Å²) in [5, 5.41) is 0. The van der Waals surface area contributed by atoms with Gasteiger partial charge in [-0.05, 0) is 19.3 Å². The molecule has 0 aliphatic carbocycles. The minimum Gasteiger partial charge on any atom is -0.462 e. The Morgan fingerprint density at radius 2 is 0.730 bits per heavy atom. The summed E-state index contributed by atoms with van der Waals surface area (Å²) in [5.41, 5.74) is 0. The van der Waals surface area contributed by atoms with Crippen molar-refractivity contribution in [2.45, 2.75) is 168 Å². The van der Waals surface area contributed by atoms with E-state index in [2.05, 4.69) is 20.8 Å². The summed E-state index contributed by atoms with van der Waals surface area (Å²) in [6, 6.07) is 0. The first kappa shape index (κ1) is 35.4. The minimum absolute atomic E-state index is 0.0704. The Morgan fingerprint density at radius 3 is 1.14 bits per heavy atom. The highest BCUT2D eigenvalue weighted by Crippen LogP contribution is 2.13. The fraction of sp³-hybridized carbons (Fsp3) is 0.903. The van der Waals surface area contributed by atoms with Crippen molar-refractivity contribution >= 4 is 17.9 Å². The fourth-order valence-corrected chi connectivity index (χ4v) is 4.20. The van der Waals surface area contributed by atoms with Crippen molar-refractivity contribution in [2.75, 3.05) is 13.2 Å². The Bertz CT molecular complexity index is 548. The van der Waals surface area contributed by atoms with Crippen molar-refractivity contribution in [1.29, 1.82) is 0 Å². The van der Waals surface area contributed by atoms with E-state index in [0.29, 0.717) is 19.3 Å². The monoisotopic (exact) mass is 526 g/mol. The van der Waals surface area contributed by atoms with E-state index in [9.17, 15) is 14.4 Å². The number of esters is 3. The van der Waals surface area contributed by atoms with Gasteiger partial charge in [-0.15, -0.1) is 0 Å². The van der Waals surface area contributed by atoms with Crippen LogP contribution in [0.2, 0.25) is 0 Å². The second kappa shape index (κ2) is 27.4. The number of hydrogen-bond acceptors (Lipinski definition) is 6. The van der Waals surface area contributed by atoms with Crippen LogP contribution in [-0.4, -0.2) is 37.2 Å². The van der Waals surface area contributed by atoms with Gasteiger partial charge in [-0.25, -0.2) is 0 Å². The van der Waals surface area contributed by atoms with Gasteiger partial charge in [-0.2, -0.15) is 0 Å². The van der Waals surface area contributed by atoms with E-state index in [-0.39, 0.29) is 31.1 Å². The summed E-state index contributed by atoms with van der Waals surface area (Å²) < 4.78 is 16.1.